The van der Waals surface area contributed by atoms with Crippen molar-refractivity contribution in [2.45, 2.75) is 72.1 Å². The second kappa shape index (κ2) is 12.2. The Bertz CT molecular complexity index is 662. The van der Waals surface area contributed by atoms with Gasteiger partial charge in [-0.3, -0.25) is 0 Å². The zero-order valence-electron chi connectivity index (χ0n) is 19.8. The number of aryl methyl sites for hydroxylation is 1. The minimum absolute atomic E-state index is 0.234. The van der Waals surface area contributed by atoms with Gasteiger partial charge in [0.15, 0.2) is 5.96 Å². The third-order valence-corrected chi connectivity index (χ3v) is 4.96. The minimum Gasteiger partial charge on any atom is -0.488 e. The van der Waals surface area contributed by atoms with Crippen LogP contribution in [0.1, 0.15) is 58.1 Å². The Balaban J connectivity index is 1.99. The summed E-state index contributed by atoms with van der Waals surface area (Å²) in [4.78, 5) is 7.28. The van der Waals surface area contributed by atoms with Crippen LogP contribution >= 0.6 is 0 Å². The molecule has 0 aliphatic carbocycles. The highest BCUT2D eigenvalue weighted by Crippen LogP contribution is 2.25. The Kier molecular flexibility index (Phi) is 9.92. The summed E-state index contributed by atoms with van der Waals surface area (Å²) in [6.07, 6.45) is 3.35. The van der Waals surface area contributed by atoms with E-state index in [4.69, 9.17) is 19.2 Å². The maximum atomic E-state index is 6.19. The van der Waals surface area contributed by atoms with Gasteiger partial charge in [-0.1, -0.05) is 12.1 Å². The molecule has 1 aliphatic heterocycles. The lowest BCUT2D eigenvalue weighted by Gasteiger charge is -2.34. The number of likely N-dealkylation sites (tertiary alicyclic amines) is 1. The largest absolute Gasteiger partial charge is 0.488 e. The summed E-state index contributed by atoms with van der Waals surface area (Å²) in [5, 5.41) is 3.45. The van der Waals surface area contributed by atoms with E-state index in [2.05, 4.69) is 63.0 Å². The average molecular weight is 420 g/mol. The second-order valence-electron chi connectivity index (χ2n) is 8.90. The van der Waals surface area contributed by atoms with Crippen molar-refractivity contribution in [3.8, 4) is 5.75 Å². The van der Waals surface area contributed by atoms with Crippen LogP contribution in [0.25, 0.3) is 0 Å². The summed E-state index contributed by atoms with van der Waals surface area (Å²) in [6, 6.07) is 6.36. The molecule has 1 fully saturated rings. The van der Waals surface area contributed by atoms with Gasteiger partial charge in [-0.25, -0.2) is 4.99 Å². The van der Waals surface area contributed by atoms with E-state index in [0.29, 0.717) is 12.6 Å². The lowest BCUT2D eigenvalue weighted by molar-refractivity contribution is 0.00990. The molecule has 1 N–H and O–H groups in total. The van der Waals surface area contributed by atoms with Gasteiger partial charge < -0.3 is 24.4 Å². The molecule has 1 aromatic carbocycles. The number of methoxy groups -OCH3 is 1. The van der Waals surface area contributed by atoms with E-state index in [-0.39, 0.29) is 5.60 Å². The standard InChI is InChI=1S/C24H41N3O3/c1-7-25-23(27-13-11-21(12-14-27)29-16-8-15-28-6)26-18-20-10-9-19(2)17-22(20)30-24(3,4)5/h9-10,17,21H,7-8,11-16,18H2,1-6H3,(H,25,26). The predicted molar refractivity (Wildman–Crippen MR) is 123 cm³/mol. The summed E-state index contributed by atoms with van der Waals surface area (Å²) in [6.45, 7) is 15.3. The number of aliphatic imine (C=N–C) groups is 1. The molecule has 0 atom stereocenters. The molecule has 0 spiro atoms. The van der Waals surface area contributed by atoms with Gasteiger partial charge >= 0.3 is 0 Å². The molecule has 0 radical (unpaired) electrons. The number of hydrogen-bond acceptors (Lipinski definition) is 4. The molecule has 1 saturated heterocycles. The molecule has 30 heavy (non-hydrogen) atoms. The van der Waals surface area contributed by atoms with Crippen LogP contribution in [0.3, 0.4) is 0 Å². The van der Waals surface area contributed by atoms with Gasteiger partial charge in [0.2, 0.25) is 0 Å². The molecule has 1 aromatic rings. The first-order valence-electron chi connectivity index (χ1n) is 11.2. The molecular weight excluding hydrogens is 378 g/mol. The number of nitrogens with zero attached hydrogens (tertiary/aromatic N) is 2. The van der Waals surface area contributed by atoms with Crippen LogP contribution in [-0.2, 0) is 16.0 Å². The summed E-state index contributed by atoms with van der Waals surface area (Å²) >= 11 is 0. The molecule has 2 rings (SSSR count). The Morgan fingerprint density at radius 2 is 1.93 bits per heavy atom. The van der Waals surface area contributed by atoms with E-state index in [0.717, 1.165) is 69.4 Å². The third-order valence-electron chi connectivity index (χ3n) is 4.96. The molecular formula is C24H41N3O3. The Morgan fingerprint density at radius 3 is 2.57 bits per heavy atom. The number of piperidine rings is 1. The minimum atomic E-state index is -0.234. The van der Waals surface area contributed by atoms with Crippen molar-refractivity contribution in [1.29, 1.82) is 0 Å². The maximum Gasteiger partial charge on any atom is 0.194 e. The van der Waals surface area contributed by atoms with Gasteiger partial charge in [0, 0.05) is 45.5 Å². The third kappa shape index (κ3) is 8.52. The first-order chi connectivity index (χ1) is 14.3. The van der Waals surface area contributed by atoms with Crippen molar-refractivity contribution >= 4 is 5.96 Å². The normalized spacial score (nSPS) is 16.1. The first kappa shape index (κ1) is 24.5. The summed E-state index contributed by atoms with van der Waals surface area (Å²) in [7, 11) is 1.73. The van der Waals surface area contributed by atoms with Crippen LogP contribution < -0.4 is 10.1 Å². The van der Waals surface area contributed by atoms with Crippen LogP contribution in [0.5, 0.6) is 5.75 Å². The molecule has 0 amide bonds. The van der Waals surface area contributed by atoms with Crippen LogP contribution in [0, 0.1) is 6.92 Å². The van der Waals surface area contributed by atoms with E-state index in [1.807, 2.05) is 0 Å². The molecule has 0 unspecified atom stereocenters. The van der Waals surface area contributed by atoms with Crippen molar-refractivity contribution in [3.05, 3.63) is 29.3 Å². The summed E-state index contributed by atoms with van der Waals surface area (Å²) in [5.74, 6) is 1.89. The van der Waals surface area contributed by atoms with Crippen molar-refractivity contribution < 1.29 is 14.2 Å². The number of ether oxygens (including phenoxy) is 3. The van der Waals surface area contributed by atoms with Crippen LogP contribution in [0.4, 0.5) is 0 Å². The van der Waals surface area contributed by atoms with Gasteiger partial charge in [0.25, 0.3) is 0 Å². The lowest BCUT2D eigenvalue weighted by atomic mass is 10.1. The van der Waals surface area contributed by atoms with E-state index < -0.39 is 0 Å². The van der Waals surface area contributed by atoms with Gasteiger partial charge in [0.1, 0.15) is 11.4 Å². The van der Waals surface area contributed by atoms with Crippen LogP contribution in [-0.4, -0.2) is 62.5 Å². The number of hydrogen-bond donors (Lipinski definition) is 1. The zero-order valence-corrected chi connectivity index (χ0v) is 19.8. The van der Waals surface area contributed by atoms with Gasteiger partial charge in [-0.05, 0) is 65.5 Å². The number of rotatable bonds is 9. The molecule has 0 bridgehead atoms. The first-order valence-corrected chi connectivity index (χ1v) is 11.2. The maximum absolute atomic E-state index is 6.19. The molecule has 6 heteroatoms. The van der Waals surface area contributed by atoms with E-state index >= 15 is 0 Å². The molecule has 1 heterocycles. The summed E-state index contributed by atoms with van der Waals surface area (Å²) < 4.78 is 17.3. The average Bonchev–Trinajstić information content (AvgIpc) is 2.69. The highest BCUT2D eigenvalue weighted by atomic mass is 16.5. The highest BCUT2D eigenvalue weighted by Gasteiger charge is 2.22. The molecule has 1 aliphatic rings. The SMILES string of the molecule is CCNC(=NCc1ccc(C)cc1OC(C)(C)C)N1CCC(OCCCOC)CC1. The predicted octanol–water partition coefficient (Wildman–Crippen LogP) is 4.16. The zero-order chi connectivity index (χ0) is 22.0. The number of nitrogens with one attached hydrogen (secondary N) is 1. The fourth-order valence-corrected chi connectivity index (χ4v) is 3.49. The van der Waals surface area contributed by atoms with Crippen LogP contribution in [0.15, 0.2) is 23.2 Å². The van der Waals surface area contributed by atoms with Crippen molar-refractivity contribution in [1.82, 2.24) is 10.2 Å². The van der Waals surface area contributed by atoms with Gasteiger partial charge in [0.05, 0.1) is 12.6 Å². The second-order valence-corrected chi connectivity index (χ2v) is 8.90. The quantitative estimate of drug-likeness (QED) is 0.370. The number of guanidine groups is 1. The molecule has 0 aromatic heterocycles. The van der Waals surface area contributed by atoms with E-state index in [1.54, 1.807) is 7.11 Å². The fraction of sp³-hybridized carbons (Fsp3) is 0.708. The monoisotopic (exact) mass is 419 g/mol. The fourth-order valence-electron chi connectivity index (χ4n) is 3.49. The van der Waals surface area contributed by atoms with Crippen molar-refractivity contribution in [2.75, 3.05) is 40.0 Å². The Morgan fingerprint density at radius 1 is 1.20 bits per heavy atom. The van der Waals surface area contributed by atoms with Gasteiger partial charge in [-0.2, -0.15) is 0 Å². The van der Waals surface area contributed by atoms with Crippen molar-refractivity contribution in [2.24, 2.45) is 4.99 Å². The van der Waals surface area contributed by atoms with Gasteiger partial charge in [-0.15, -0.1) is 0 Å². The smallest absolute Gasteiger partial charge is 0.194 e. The highest BCUT2D eigenvalue weighted by molar-refractivity contribution is 5.80. The topological polar surface area (TPSA) is 55.3 Å². The number of benzene rings is 1. The van der Waals surface area contributed by atoms with E-state index in [1.165, 1.54) is 5.56 Å². The van der Waals surface area contributed by atoms with Crippen LogP contribution in [0.2, 0.25) is 0 Å². The molecule has 6 nitrogen and oxygen atoms in total. The molecule has 0 saturated carbocycles. The Hall–Kier alpha value is -1.79. The molecule has 170 valence electrons. The van der Waals surface area contributed by atoms with E-state index in [9.17, 15) is 0 Å². The lowest BCUT2D eigenvalue weighted by Crippen LogP contribution is -2.47. The van der Waals surface area contributed by atoms with Crippen molar-refractivity contribution in [3.63, 3.8) is 0 Å². The Labute approximate surface area is 183 Å². The summed E-state index contributed by atoms with van der Waals surface area (Å²) in [5.41, 5.74) is 2.07.